The number of nitrogens with one attached hydrogen (secondary N) is 1. The van der Waals surface area contributed by atoms with Gasteiger partial charge in [-0.1, -0.05) is 24.3 Å². The van der Waals surface area contributed by atoms with E-state index in [4.69, 9.17) is 5.26 Å². The van der Waals surface area contributed by atoms with Crippen LogP contribution in [0.5, 0.6) is 0 Å². The Hall–Kier alpha value is -1.41. The van der Waals surface area contributed by atoms with Gasteiger partial charge in [0.2, 0.25) is 0 Å². The molecular formula is C11H14N2O2. The van der Waals surface area contributed by atoms with E-state index in [9.17, 15) is 10.2 Å². The van der Waals surface area contributed by atoms with Crippen LogP contribution in [0, 0.1) is 11.3 Å². The van der Waals surface area contributed by atoms with Crippen molar-refractivity contribution in [2.45, 2.75) is 18.8 Å². The Morgan fingerprint density at radius 2 is 2.07 bits per heavy atom. The van der Waals surface area contributed by atoms with E-state index in [0.717, 1.165) is 5.56 Å². The molecule has 0 saturated heterocycles. The lowest BCUT2D eigenvalue weighted by molar-refractivity contribution is 0.0521. The number of rotatable bonds is 4. The maximum absolute atomic E-state index is 9.70. The third-order valence-electron chi connectivity index (χ3n) is 2.17. The van der Waals surface area contributed by atoms with Crippen molar-refractivity contribution in [3.05, 3.63) is 35.4 Å². The van der Waals surface area contributed by atoms with Crippen LogP contribution < -0.4 is 5.32 Å². The molecule has 0 aliphatic rings. The van der Waals surface area contributed by atoms with Crippen molar-refractivity contribution in [2.24, 2.45) is 0 Å². The standard InChI is InChI=1S/C11H14N2O2/c1-13-7-8-4-2-3-5-9(8)11(15)10(14)6-12/h2-5,10-11,13-15H,7H2,1H3. The van der Waals surface area contributed by atoms with Crippen molar-refractivity contribution in [2.75, 3.05) is 7.05 Å². The van der Waals surface area contributed by atoms with Gasteiger partial charge in [0.05, 0.1) is 6.07 Å². The zero-order valence-electron chi connectivity index (χ0n) is 8.51. The van der Waals surface area contributed by atoms with Gasteiger partial charge in [-0.25, -0.2) is 0 Å². The van der Waals surface area contributed by atoms with E-state index in [1.807, 2.05) is 12.1 Å². The van der Waals surface area contributed by atoms with Gasteiger partial charge in [-0.2, -0.15) is 5.26 Å². The van der Waals surface area contributed by atoms with Crippen molar-refractivity contribution >= 4 is 0 Å². The number of aliphatic hydroxyl groups excluding tert-OH is 2. The van der Waals surface area contributed by atoms with Crippen molar-refractivity contribution in [1.82, 2.24) is 5.32 Å². The summed E-state index contributed by atoms with van der Waals surface area (Å²) in [5.74, 6) is 0. The Bertz CT molecular complexity index is 360. The first-order valence-corrected chi connectivity index (χ1v) is 4.69. The monoisotopic (exact) mass is 206 g/mol. The molecule has 80 valence electrons. The van der Waals surface area contributed by atoms with Crippen LogP contribution in [0.1, 0.15) is 17.2 Å². The van der Waals surface area contributed by atoms with Crippen LogP contribution in [0.15, 0.2) is 24.3 Å². The third-order valence-corrected chi connectivity index (χ3v) is 2.17. The minimum absolute atomic E-state index is 0.584. The van der Waals surface area contributed by atoms with Gasteiger partial charge in [0.1, 0.15) is 6.10 Å². The second kappa shape index (κ2) is 5.47. The highest BCUT2D eigenvalue weighted by atomic mass is 16.3. The number of hydrogen-bond donors (Lipinski definition) is 3. The highest BCUT2D eigenvalue weighted by Crippen LogP contribution is 2.20. The average Bonchev–Trinajstić information content (AvgIpc) is 2.28. The molecule has 1 aromatic rings. The van der Waals surface area contributed by atoms with Gasteiger partial charge in [-0.3, -0.25) is 0 Å². The lowest BCUT2D eigenvalue weighted by atomic mass is 9.99. The Kier molecular flexibility index (Phi) is 4.25. The highest BCUT2D eigenvalue weighted by molar-refractivity contribution is 5.30. The minimum Gasteiger partial charge on any atom is -0.385 e. The predicted molar refractivity (Wildman–Crippen MR) is 55.8 cm³/mol. The van der Waals surface area contributed by atoms with Crippen LogP contribution in [0.4, 0.5) is 0 Å². The zero-order valence-corrected chi connectivity index (χ0v) is 8.51. The zero-order chi connectivity index (χ0) is 11.3. The smallest absolute Gasteiger partial charge is 0.170 e. The highest BCUT2D eigenvalue weighted by Gasteiger charge is 2.19. The molecule has 4 heteroatoms. The van der Waals surface area contributed by atoms with Crippen LogP contribution >= 0.6 is 0 Å². The summed E-state index contributed by atoms with van der Waals surface area (Å²) < 4.78 is 0. The first-order valence-electron chi connectivity index (χ1n) is 4.69. The van der Waals surface area contributed by atoms with Gasteiger partial charge in [0, 0.05) is 6.54 Å². The topological polar surface area (TPSA) is 76.3 Å². The van der Waals surface area contributed by atoms with Gasteiger partial charge in [-0.05, 0) is 18.2 Å². The van der Waals surface area contributed by atoms with E-state index >= 15 is 0 Å². The molecule has 0 aromatic heterocycles. The molecule has 0 saturated carbocycles. The maximum Gasteiger partial charge on any atom is 0.170 e. The normalized spacial score (nSPS) is 14.3. The molecule has 2 unspecified atom stereocenters. The van der Waals surface area contributed by atoms with Crippen molar-refractivity contribution in [3.63, 3.8) is 0 Å². The second-order valence-corrected chi connectivity index (χ2v) is 3.25. The van der Waals surface area contributed by atoms with Crippen LogP contribution in [0.3, 0.4) is 0 Å². The lowest BCUT2D eigenvalue weighted by Gasteiger charge is -2.16. The minimum atomic E-state index is -1.39. The fourth-order valence-electron chi connectivity index (χ4n) is 1.41. The molecule has 2 atom stereocenters. The molecule has 0 radical (unpaired) electrons. The molecule has 1 rings (SSSR count). The van der Waals surface area contributed by atoms with E-state index in [0.29, 0.717) is 12.1 Å². The summed E-state index contributed by atoms with van der Waals surface area (Å²) in [4.78, 5) is 0. The molecule has 0 heterocycles. The molecule has 1 aromatic carbocycles. The summed E-state index contributed by atoms with van der Waals surface area (Å²) in [5.41, 5.74) is 1.46. The summed E-state index contributed by atoms with van der Waals surface area (Å²) in [5, 5.41) is 30.4. The molecule has 0 aliphatic heterocycles. The average molecular weight is 206 g/mol. The summed E-state index contributed by atoms with van der Waals surface area (Å²) in [6.07, 6.45) is -2.54. The van der Waals surface area contributed by atoms with E-state index in [-0.39, 0.29) is 0 Å². The number of aliphatic hydroxyl groups is 2. The molecule has 15 heavy (non-hydrogen) atoms. The van der Waals surface area contributed by atoms with Gasteiger partial charge >= 0.3 is 0 Å². The second-order valence-electron chi connectivity index (χ2n) is 3.25. The third kappa shape index (κ3) is 2.77. The molecule has 0 aliphatic carbocycles. The van der Waals surface area contributed by atoms with E-state index in [2.05, 4.69) is 5.32 Å². The first kappa shape index (κ1) is 11.7. The Morgan fingerprint density at radius 3 is 2.67 bits per heavy atom. The van der Waals surface area contributed by atoms with Gasteiger partial charge < -0.3 is 15.5 Å². The number of nitriles is 1. The predicted octanol–water partition coefficient (Wildman–Crippen LogP) is 0.324. The van der Waals surface area contributed by atoms with Crippen LogP contribution in [-0.2, 0) is 6.54 Å². The van der Waals surface area contributed by atoms with Gasteiger partial charge in [-0.15, -0.1) is 0 Å². The molecule has 4 nitrogen and oxygen atoms in total. The van der Waals surface area contributed by atoms with E-state index < -0.39 is 12.2 Å². The lowest BCUT2D eigenvalue weighted by Crippen LogP contribution is -2.19. The van der Waals surface area contributed by atoms with E-state index in [1.54, 1.807) is 25.2 Å². The first-order chi connectivity index (χ1) is 7.20. The van der Waals surface area contributed by atoms with Crippen LogP contribution in [0.2, 0.25) is 0 Å². The Labute approximate surface area is 88.8 Å². The number of benzene rings is 1. The largest absolute Gasteiger partial charge is 0.385 e. The summed E-state index contributed by atoms with van der Waals surface area (Å²) >= 11 is 0. The Balaban J connectivity index is 2.97. The molecule has 0 spiro atoms. The van der Waals surface area contributed by atoms with Gasteiger partial charge in [0.25, 0.3) is 0 Å². The van der Waals surface area contributed by atoms with Crippen molar-refractivity contribution < 1.29 is 10.2 Å². The van der Waals surface area contributed by atoms with Crippen molar-refractivity contribution in [1.29, 1.82) is 5.26 Å². The fourth-order valence-corrected chi connectivity index (χ4v) is 1.41. The molecule has 0 bridgehead atoms. The van der Waals surface area contributed by atoms with Gasteiger partial charge in [0.15, 0.2) is 6.10 Å². The molecule has 0 amide bonds. The fraction of sp³-hybridized carbons (Fsp3) is 0.364. The van der Waals surface area contributed by atoms with Crippen LogP contribution in [-0.4, -0.2) is 23.4 Å². The van der Waals surface area contributed by atoms with Crippen molar-refractivity contribution in [3.8, 4) is 6.07 Å². The maximum atomic E-state index is 9.70. The van der Waals surface area contributed by atoms with E-state index in [1.165, 1.54) is 0 Å². The SMILES string of the molecule is CNCc1ccccc1C(O)C(O)C#N. The molecular weight excluding hydrogens is 192 g/mol. The summed E-state index contributed by atoms with van der Waals surface area (Å²) in [6.45, 7) is 0.589. The molecule has 0 fully saturated rings. The van der Waals surface area contributed by atoms with Crippen LogP contribution in [0.25, 0.3) is 0 Å². The molecule has 3 N–H and O–H groups in total. The quantitative estimate of drug-likeness (QED) is 0.620. The number of nitrogens with zero attached hydrogens (tertiary/aromatic N) is 1. The summed E-state index contributed by atoms with van der Waals surface area (Å²) in [7, 11) is 1.80. The summed E-state index contributed by atoms with van der Waals surface area (Å²) in [6, 6.07) is 8.78. The Morgan fingerprint density at radius 1 is 1.40 bits per heavy atom. The number of hydrogen-bond acceptors (Lipinski definition) is 4.